The minimum Gasteiger partial charge on any atom is -0.371 e. The Morgan fingerprint density at radius 1 is 1.31 bits per heavy atom. The van der Waals surface area contributed by atoms with Gasteiger partial charge in [-0.3, -0.25) is 4.98 Å². The van der Waals surface area contributed by atoms with Crippen molar-refractivity contribution in [2.24, 2.45) is 5.92 Å². The van der Waals surface area contributed by atoms with Crippen molar-refractivity contribution in [1.29, 1.82) is 0 Å². The van der Waals surface area contributed by atoms with E-state index in [1.807, 2.05) is 30.3 Å². The molecular formula is C20H25ClN4O. The van der Waals surface area contributed by atoms with Gasteiger partial charge in [0.15, 0.2) is 0 Å². The summed E-state index contributed by atoms with van der Waals surface area (Å²) in [6.07, 6.45) is 3.57. The molecule has 0 saturated carbocycles. The molecule has 1 aromatic heterocycles. The number of carbonyl (C=O) groups excluding carboxylic acids is 1. The maximum Gasteiger partial charge on any atom is 0.314 e. The Hall–Kier alpha value is -2.27. The van der Waals surface area contributed by atoms with Crippen LogP contribution in [0.5, 0.6) is 0 Å². The number of aromatic nitrogens is 1. The summed E-state index contributed by atoms with van der Waals surface area (Å²) >= 11 is 6.13. The molecule has 3 rings (SSSR count). The molecule has 0 aliphatic carbocycles. The minimum absolute atomic E-state index is 0.113. The minimum atomic E-state index is -0.113. The fraction of sp³-hybridized carbons (Fsp3) is 0.400. The SMILES string of the molecule is Cc1ccc(Cl)cc1N1CCC(CNC(=O)NCCc2ccccn2)C1. The van der Waals surface area contributed by atoms with E-state index >= 15 is 0 Å². The molecule has 2 heterocycles. The highest BCUT2D eigenvalue weighted by atomic mass is 35.5. The maximum atomic E-state index is 12.0. The fourth-order valence-electron chi connectivity index (χ4n) is 3.29. The Balaban J connectivity index is 1.39. The van der Waals surface area contributed by atoms with Crippen LogP contribution < -0.4 is 15.5 Å². The molecule has 1 unspecified atom stereocenters. The number of nitrogens with one attached hydrogen (secondary N) is 2. The quantitative estimate of drug-likeness (QED) is 0.817. The van der Waals surface area contributed by atoms with Crippen LogP contribution in [0.25, 0.3) is 0 Å². The first-order valence-corrected chi connectivity index (χ1v) is 9.42. The Morgan fingerprint density at radius 2 is 2.19 bits per heavy atom. The van der Waals surface area contributed by atoms with Gasteiger partial charge in [0.1, 0.15) is 0 Å². The molecule has 26 heavy (non-hydrogen) atoms. The van der Waals surface area contributed by atoms with Crippen LogP contribution >= 0.6 is 11.6 Å². The van der Waals surface area contributed by atoms with E-state index in [0.717, 1.165) is 36.6 Å². The number of pyridine rings is 1. The summed E-state index contributed by atoms with van der Waals surface area (Å²) in [4.78, 5) is 18.6. The van der Waals surface area contributed by atoms with E-state index in [0.29, 0.717) is 19.0 Å². The molecule has 0 spiro atoms. The van der Waals surface area contributed by atoms with Gasteiger partial charge in [-0.1, -0.05) is 23.7 Å². The number of urea groups is 1. The lowest BCUT2D eigenvalue weighted by Gasteiger charge is -2.21. The summed E-state index contributed by atoms with van der Waals surface area (Å²) in [5.41, 5.74) is 3.41. The number of aryl methyl sites for hydroxylation is 1. The lowest BCUT2D eigenvalue weighted by molar-refractivity contribution is 0.239. The van der Waals surface area contributed by atoms with Crippen LogP contribution in [-0.2, 0) is 6.42 Å². The molecule has 6 heteroatoms. The third-order valence-corrected chi connectivity index (χ3v) is 4.98. The zero-order chi connectivity index (χ0) is 18.4. The zero-order valence-electron chi connectivity index (χ0n) is 15.0. The highest BCUT2D eigenvalue weighted by Gasteiger charge is 2.24. The van der Waals surface area contributed by atoms with Crippen LogP contribution in [0, 0.1) is 12.8 Å². The smallest absolute Gasteiger partial charge is 0.314 e. The lowest BCUT2D eigenvalue weighted by Crippen LogP contribution is -2.39. The normalized spacial score (nSPS) is 16.5. The molecule has 5 nitrogen and oxygen atoms in total. The van der Waals surface area contributed by atoms with Crippen LogP contribution in [0.4, 0.5) is 10.5 Å². The van der Waals surface area contributed by atoms with Crippen LogP contribution in [0.3, 0.4) is 0 Å². The summed E-state index contributed by atoms with van der Waals surface area (Å²) in [5, 5.41) is 6.64. The van der Waals surface area contributed by atoms with Crippen molar-refractivity contribution >= 4 is 23.3 Å². The highest BCUT2D eigenvalue weighted by Crippen LogP contribution is 2.29. The lowest BCUT2D eigenvalue weighted by atomic mass is 10.1. The van der Waals surface area contributed by atoms with Crippen molar-refractivity contribution in [3.63, 3.8) is 0 Å². The van der Waals surface area contributed by atoms with Gasteiger partial charge in [-0.05, 0) is 49.1 Å². The van der Waals surface area contributed by atoms with Gasteiger partial charge in [0.2, 0.25) is 0 Å². The summed E-state index contributed by atoms with van der Waals surface area (Å²) < 4.78 is 0. The molecule has 1 atom stereocenters. The molecule has 1 fully saturated rings. The van der Waals surface area contributed by atoms with E-state index < -0.39 is 0 Å². The van der Waals surface area contributed by atoms with Gasteiger partial charge in [-0.2, -0.15) is 0 Å². The molecule has 1 aliphatic heterocycles. The van der Waals surface area contributed by atoms with Crippen LogP contribution in [0.2, 0.25) is 5.02 Å². The van der Waals surface area contributed by atoms with Gasteiger partial charge in [0.05, 0.1) is 0 Å². The van der Waals surface area contributed by atoms with Gasteiger partial charge in [-0.15, -0.1) is 0 Å². The summed E-state index contributed by atoms with van der Waals surface area (Å²) in [6, 6.07) is 11.7. The van der Waals surface area contributed by atoms with E-state index in [1.54, 1.807) is 6.20 Å². The van der Waals surface area contributed by atoms with E-state index in [1.165, 1.54) is 11.3 Å². The molecule has 0 bridgehead atoms. The summed E-state index contributed by atoms with van der Waals surface area (Å²) in [7, 11) is 0. The molecular weight excluding hydrogens is 348 g/mol. The monoisotopic (exact) mass is 372 g/mol. The van der Waals surface area contributed by atoms with Crippen molar-refractivity contribution in [2.75, 3.05) is 31.1 Å². The van der Waals surface area contributed by atoms with Gasteiger partial charge in [0.25, 0.3) is 0 Å². The van der Waals surface area contributed by atoms with Gasteiger partial charge >= 0.3 is 6.03 Å². The first kappa shape index (κ1) is 18.5. The van der Waals surface area contributed by atoms with Crippen LogP contribution in [0.15, 0.2) is 42.6 Å². The summed E-state index contributed by atoms with van der Waals surface area (Å²) in [5.74, 6) is 0.454. The second-order valence-electron chi connectivity index (χ2n) is 6.74. The average Bonchev–Trinajstić information content (AvgIpc) is 3.12. The second kappa shape index (κ2) is 8.90. The average molecular weight is 373 g/mol. The van der Waals surface area contributed by atoms with Crippen molar-refractivity contribution in [2.45, 2.75) is 19.8 Å². The molecule has 1 aliphatic rings. The Kier molecular flexibility index (Phi) is 6.34. The molecule has 1 saturated heterocycles. The number of rotatable bonds is 6. The fourth-order valence-corrected chi connectivity index (χ4v) is 3.46. The van der Waals surface area contributed by atoms with Gasteiger partial charge in [-0.25, -0.2) is 4.79 Å². The first-order valence-electron chi connectivity index (χ1n) is 9.04. The first-order chi connectivity index (χ1) is 12.6. The highest BCUT2D eigenvalue weighted by molar-refractivity contribution is 6.30. The van der Waals surface area contributed by atoms with E-state index in [9.17, 15) is 4.79 Å². The molecule has 2 aromatic rings. The Labute approximate surface area is 159 Å². The molecule has 2 amide bonds. The third-order valence-electron chi connectivity index (χ3n) is 4.74. The maximum absolute atomic E-state index is 12.0. The number of amides is 2. The topological polar surface area (TPSA) is 57.3 Å². The predicted octanol–water partition coefficient (Wildman–Crippen LogP) is 3.41. The van der Waals surface area contributed by atoms with Crippen molar-refractivity contribution < 1.29 is 4.79 Å². The number of nitrogens with zero attached hydrogens (tertiary/aromatic N) is 2. The summed E-state index contributed by atoms with van der Waals surface area (Å²) in [6.45, 7) is 5.31. The van der Waals surface area contributed by atoms with E-state index in [4.69, 9.17) is 11.6 Å². The Bertz CT molecular complexity index is 738. The third kappa shape index (κ3) is 5.11. The predicted molar refractivity (Wildman–Crippen MR) is 106 cm³/mol. The number of hydrogen-bond donors (Lipinski definition) is 2. The number of halogens is 1. The molecule has 0 radical (unpaired) electrons. The second-order valence-corrected chi connectivity index (χ2v) is 7.18. The van der Waals surface area contributed by atoms with Crippen LogP contribution in [0.1, 0.15) is 17.7 Å². The van der Waals surface area contributed by atoms with Crippen molar-refractivity contribution in [3.05, 3.63) is 58.9 Å². The largest absolute Gasteiger partial charge is 0.371 e. The molecule has 1 aromatic carbocycles. The van der Waals surface area contributed by atoms with Crippen LogP contribution in [-0.4, -0.2) is 37.2 Å². The van der Waals surface area contributed by atoms with Gasteiger partial charge in [0, 0.05) is 55.2 Å². The van der Waals surface area contributed by atoms with E-state index in [-0.39, 0.29) is 6.03 Å². The number of carbonyl (C=O) groups is 1. The number of hydrogen-bond acceptors (Lipinski definition) is 3. The molecule has 138 valence electrons. The zero-order valence-corrected chi connectivity index (χ0v) is 15.8. The van der Waals surface area contributed by atoms with Crippen molar-refractivity contribution in [1.82, 2.24) is 15.6 Å². The van der Waals surface area contributed by atoms with E-state index in [2.05, 4.69) is 33.5 Å². The van der Waals surface area contributed by atoms with Gasteiger partial charge < -0.3 is 15.5 Å². The Morgan fingerprint density at radius 3 is 3.00 bits per heavy atom. The standard InChI is InChI=1S/C20H25ClN4O/c1-15-5-6-17(21)12-19(15)25-11-8-16(14-25)13-24-20(26)23-10-7-18-4-2-3-9-22-18/h2-6,9,12,16H,7-8,10-11,13-14H2,1H3,(H2,23,24,26). The molecule has 2 N–H and O–H groups in total. The number of benzene rings is 1. The number of anilines is 1. The van der Waals surface area contributed by atoms with Crippen molar-refractivity contribution in [3.8, 4) is 0 Å².